The molecule has 0 fully saturated rings. The van der Waals surface area contributed by atoms with E-state index in [1.807, 2.05) is 30.3 Å². The number of methoxy groups -OCH3 is 1. The molecule has 8 heteroatoms. The second-order valence-electron chi connectivity index (χ2n) is 4.77. The van der Waals surface area contributed by atoms with Gasteiger partial charge in [0, 0.05) is 25.7 Å². The highest BCUT2D eigenvalue weighted by Gasteiger charge is 2.24. The van der Waals surface area contributed by atoms with E-state index in [0.29, 0.717) is 10.2 Å². The van der Waals surface area contributed by atoms with Crippen molar-refractivity contribution in [2.75, 3.05) is 13.7 Å². The third-order valence-corrected chi connectivity index (χ3v) is 3.97. The fourth-order valence-electron chi connectivity index (χ4n) is 1.99. The Balaban J connectivity index is 2.17. The predicted octanol–water partition coefficient (Wildman–Crippen LogP) is 2.06. The summed E-state index contributed by atoms with van der Waals surface area (Å²) in [6.07, 6.45) is 0.175. The molecule has 7 nitrogen and oxygen atoms in total. The highest BCUT2D eigenvalue weighted by molar-refractivity contribution is 9.10. The van der Waals surface area contributed by atoms with Crippen LogP contribution in [0.2, 0.25) is 0 Å². The summed E-state index contributed by atoms with van der Waals surface area (Å²) in [5, 5.41) is 18.3. The molecule has 23 heavy (non-hydrogen) atoms. The summed E-state index contributed by atoms with van der Waals surface area (Å²) >= 11 is 3.34. The molecular weight excluding hydrogens is 366 g/mol. The van der Waals surface area contributed by atoms with Crippen LogP contribution in [0.1, 0.15) is 16.9 Å². The zero-order chi connectivity index (χ0) is 16.8. The Kier molecular flexibility index (Phi) is 5.89. The smallest absolute Gasteiger partial charge is 0.326 e. The molecule has 1 aromatic carbocycles. The van der Waals surface area contributed by atoms with E-state index in [0.717, 1.165) is 5.56 Å². The number of aliphatic carboxylic acids is 1. The number of nitrogens with one attached hydrogen (secondary N) is 2. The number of hydrogen-bond donors (Lipinski definition) is 3. The molecule has 0 radical (unpaired) electrons. The van der Waals surface area contributed by atoms with Crippen LogP contribution in [-0.2, 0) is 9.53 Å². The summed E-state index contributed by atoms with van der Waals surface area (Å²) in [5.41, 5.74) is 1.59. The predicted molar refractivity (Wildman–Crippen MR) is 87.1 cm³/mol. The molecule has 1 unspecified atom stereocenters. The Morgan fingerprint density at radius 1 is 1.39 bits per heavy atom. The number of halogens is 1. The number of carbonyl (C=O) groups is 2. The van der Waals surface area contributed by atoms with Crippen molar-refractivity contribution >= 4 is 27.8 Å². The van der Waals surface area contributed by atoms with Gasteiger partial charge in [-0.25, -0.2) is 4.79 Å². The number of aromatic amines is 1. The van der Waals surface area contributed by atoms with E-state index < -0.39 is 17.9 Å². The number of amides is 1. The Labute approximate surface area is 141 Å². The molecule has 0 aliphatic heterocycles. The first-order valence-corrected chi connectivity index (χ1v) is 7.65. The molecule has 0 aliphatic carbocycles. The van der Waals surface area contributed by atoms with Gasteiger partial charge in [0.05, 0.1) is 4.47 Å². The third-order valence-electron chi connectivity index (χ3n) is 3.20. The number of carbonyl (C=O) groups excluding carboxylic acids is 1. The Bertz CT molecular complexity index is 687. The van der Waals surface area contributed by atoms with Gasteiger partial charge in [0.2, 0.25) is 0 Å². The van der Waals surface area contributed by atoms with Crippen molar-refractivity contribution in [2.45, 2.75) is 12.5 Å². The van der Waals surface area contributed by atoms with Gasteiger partial charge in [-0.15, -0.1) is 0 Å². The normalized spacial score (nSPS) is 11.9. The second kappa shape index (κ2) is 7.89. The lowest BCUT2D eigenvalue weighted by Gasteiger charge is -2.13. The second-order valence-corrected chi connectivity index (χ2v) is 5.57. The standard InChI is InChI=1S/C15H16BrN3O4/c1-23-8-7-10(15(21)22)17-14(20)13-11(16)12(18-19-13)9-5-3-2-4-6-9/h2-6,10H,7-8H2,1H3,(H,17,20)(H,18,19)(H,21,22). The van der Waals surface area contributed by atoms with Gasteiger partial charge >= 0.3 is 5.97 Å². The lowest BCUT2D eigenvalue weighted by molar-refractivity contribution is -0.139. The SMILES string of the molecule is COCCC(NC(=O)c1[nH]nc(-c2ccccc2)c1Br)C(=O)O. The maximum atomic E-state index is 12.3. The zero-order valence-corrected chi connectivity index (χ0v) is 14.0. The first-order chi connectivity index (χ1) is 11.0. The van der Waals surface area contributed by atoms with Crippen LogP contribution in [0.25, 0.3) is 11.3 Å². The molecule has 0 bridgehead atoms. The van der Waals surface area contributed by atoms with Crippen LogP contribution < -0.4 is 5.32 Å². The van der Waals surface area contributed by atoms with E-state index in [1.54, 1.807) is 0 Å². The summed E-state index contributed by atoms with van der Waals surface area (Å²) in [7, 11) is 1.47. The maximum Gasteiger partial charge on any atom is 0.326 e. The lowest BCUT2D eigenvalue weighted by atomic mass is 10.1. The molecule has 122 valence electrons. The number of rotatable bonds is 7. The largest absolute Gasteiger partial charge is 0.480 e. The first-order valence-electron chi connectivity index (χ1n) is 6.86. The molecule has 0 spiro atoms. The Morgan fingerprint density at radius 2 is 2.09 bits per heavy atom. The molecule has 1 amide bonds. The zero-order valence-electron chi connectivity index (χ0n) is 12.4. The number of ether oxygens (including phenoxy) is 1. The maximum absolute atomic E-state index is 12.3. The first kappa shape index (κ1) is 17.2. The van der Waals surface area contributed by atoms with Crippen LogP contribution in [0.4, 0.5) is 0 Å². The Morgan fingerprint density at radius 3 is 2.70 bits per heavy atom. The quantitative estimate of drug-likeness (QED) is 0.680. The number of carboxylic acids is 1. The molecule has 3 N–H and O–H groups in total. The van der Waals surface area contributed by atoms with Gasteiger partial charge in [-0.05, 0) is 15.9 Å². The number of nitrogens with zero attached hydrogens (tertiary/aromatic N) is 1. The van der Waals surface area contributed by atoms with Gasteiger partial charge in [-0.2, -0.15) is 5.10 Å². The number of hydrogen-bond acceptors (Lipinski definition) is 4. The molecule has 2 rings (SSSR count). The van der Waals surface area contributed by atoms with E-state index in [9.17, 15) is 9.59 Å². The molecule has 0 aliphatic rings. The van der Waals surface area contributed by atoms with Crippen LogP contribution in [0.15, 0.2) is 34.8 Å². The van der Waals surface area contributed by atoms with Gasteiger partial charge in [0.15, 0.2) is 0 Å². The van der Waals surface area contributed by atoms with Gasteiger partial charge in [-0.3, -0.25) is 9.89 Å². The average Bonchev–Trinajstić information content (AvgIpc) is 2.93. The summed E-state index contributed by atoms with van der Waals surface area (Å²) in [6.45, 7) is 0.233. The molecule has 0 saturated carbocycles. The van der Waals surface area contributed by atoms with E-state index in [4.69, 9.17) is 9.84 Å². The number of H-pyrrole nitrogens is 1. The fourth-order valence-corrected chi connectivity index (χ4v) is 2.58. The third kappa shape index (κ3) is 4.17. The van der Waals surface area contributed by atoms with Crippen molar-refractivity contribution in [3.63, 3.8) is 0 Å². The Hall–Kier alpha value is -2.19. The minimum Gasteiger partial charge on any atom is -0.480 e. The summed E-state index contributed by atoms with van der Waals surface area (Å²) in [4.78, 5) is 23.4. The summed E-state index contributed by atoms with van der Waals surface area (Å²) in [5.74, 6) is -1.66. The molecular formula is C15H16BrN3O4. The van der Waals surface area contributed by atoms with Gasteiger partial charge in [-0.1, -0.05) is 30.3 Å². The number of benzene rings is 1. The van der Waals surface area contributed by atoms with Gasteiger partial charge in [0.25, 0.3) is 5.91 Å². The number of carboxylic acid groups (broad SMARTS) is 1. The molecule has 0 saturated heterocycles. The highest BCUT2D eigenvalue weighted by atomic mass is 79.9. The van der Waals surface area contributed by atoms with Gasteiger partial charge < -0.3 is 15.2 Å². The average molecular weight is 382 g/mol. The van der Waals surface area contributed by atoms with Gasteiger partial charge in [0.1, 0.15) is 17.4 Å². The van der Waals surface area contributed by atoms with Crippen LogP contribution in [0.3, 0.4) is 0 Å². The van der Waals surface area contributed by atoms with Crippen molar-refractivity contribution in [1.29, 1.82) is 0 Å². The van der Waals surface area contributed by atoms with Crippen molar-refractivity contribution in [3.8, 4) is 11.3 Å². The minimum absolute atomic E-state index is 0.174. The van der Waals surface area contributed by atoms with Crippen LogP contribution in [0, 0.1) is 0 Å². The molecule has 1 aromatic heterocycles. The van der Waals surface area contributed by atoms with Crippen LogP contribution in [-0.4, -0.2) is 46.9 Å². The van der Waals surface area contributed by atoms with Crippen molar-refractivity contribution in [2.24, 2.45) is 0 Å². The van der Waals surface area contributed by atoms with E-state index in [2.05, 4.69) is 31.4 Å². The lowest BCUT2D eigenvalue weighted by Crippen LogP contribution is -2.41. The molecule has 2 aromatic rings. The van der Waals surface area contributed by atoms with Crippen LogP contribution >= 0.6 is 15.9 Å². The van der Waals surface area contributed by atoms with Crippen molar-refractivity contribution < 1.29 is 19.4 Å². The topological polar surface area (TPSA) is 104 Å². The van der Waals surface area contributed by atoms with Crippen molar-refractivity contribution in [3.05, 3.63) is 40.5 Å². The number of aromatic nitrogens is 2. The van der Waals surface area contributed by atoms with Crippen molar-refractivity contribution in [1.82, 2.24) is 15.5 Å². The van der Waals surface area contributed by atoms with Crippen LogP contribution in [0.5, 0.6) is 0 Å². The molecule has 1 heterocycles. The molecule has 1 atom stereocenters. The van der Waals surface area contributed by atoms with E-state index in [1.165, 1.54) is 7.11 Å². The highest BCUT2D eigenvalue weighted by Crippen LogP contribution is 2.28. The summed E-state index contributed by atoms with van der Waals surface area (Å²) in [6, 6.07) is 8.30. The van der Waals surface area contributed by atoms with E-state index >= 15 is 0 Å². The minimum atomic E-state index is -1.12. The fraction of sp³-hybridized carbons (Fsp3) is 0.267. The van der Waals surface area contributed by atoms with E-state index in [-0.39, 0.29) is 18.7 Å². The monoisotopic (exact) mass is 381 g/mol. The summed E-state index contributed by atoms with van der Waals surface area (Å²) < 4.78 is 5.33.